The summed E-state index contributed by atoms with van der Waals surface area (Å²) in [4.78, 5) is 4.48. The van der Waals surface area contributed by atoms with E-state index in [1.165, 1.54) is 17.5 Å². The predicted octanol–water partition coefficient (Wildman–Crippen LogP) is 3.75. The highest BCUT2D eigenvalue weighted by Gasteiger charge is 2.20. The van der Waals surface area contributed by atoms with Gasteiger partial charge in [0.2, 0.25) is 0 Å². The molecule has 3 nitrogen and oxygen atoms in total. The second-order valence-corrected chi connectivity index (χ2v) is 5.25. The second kappa shape index (κ2) is 5.34. The monoisotopic (exact) mass is 263 g/mol. The van der Waals surface area contributed by atoms with Crippen molar-refractivity contribution in [2.45, 2.75) is 32.2 Å². The van der Waals surface area contributed by atoms with Crippen molar-refractivity contribution in [2.24, 2.45) is 0 Å². The van der Waals surface area contributed by atoms with Crippen LogP contribution in [0.15, 0.2) is 36.4 Å². The van der Waals surface area contributed by atoms with Crippen LogP contribution in [0.25, 0.3) is 0 Å². The van der Waals surface area contributed by atoms with Crippen LogP contribution in [0.3, 0.4) is 0 Å². The summed E-state index contributed by atoms with van der Waals surface area (Å²) in [6.07, 6.45) is 3.39. The zero-order valence-electron chi connectivity index (χ0n) is 11.6. The lowest BCUT2D eigenvalue weighted by Gasteiger charge is -2.27. The van der Waals surface area contributed by atoms with Gasteiger partial charge in [-0.15, -0.1) is 0 Å². The largest absolute Gasteiger partial charge is 0.362 e. The average molecular weight is 263 g/mol. The number of pyridine rings is 1. The Bertz CT molecular complexity index is 670. The van der Waals surface area contributed by atoms with Crippen molar-refractivity contribution in [1.29, 1.82) is 5.26 Å². The molecule has 0 amide bonds. The topological polar surface area (TPSA) is 48.7 Å². The molecule has 1 aliphatic rings. The van der Waals surface area contributed by atoms with Crippen LogP contribution >= 0.6 is 0 Å². The number of anilines is 1. The Morgan fingerprint density at radius 2 is 2.10 bits per heavy atom. The van der Waals surface area contributed by atoms with Crippen molar-refractivity contribution in [1.82, 2.24) is 4.98 Å². The number of hydrogen-bond donors (Lipinski definition) is 1. The second-order valence-electron chi connectivity index (χ2n) is 5.25. The van der Waals surface area contributed by atoms with Crippen LogP contribution < -0.4 is 5.32 Å². The standard InChI is InChI=1S/C17H17N3/c1-12-9-10-14(11-18)17(19-12)20-16-8-4-6-13-5-2-3-7-15(13)16/h2-3,5,7,9-10,16H,4,6,8H2,1H3,(H,19,20). The lowest BCUT2D eigenvalue weighted by Crippen LogP contribution is -2.18. The highest BCUT2D eigenvalue weighted by atomic mass is 15.0. The van der Waals surface area contributed by atoms with Gasteiger partial charge in [-0.05, 0) is 49.4 Å². The molecule has 2 aromatic rings. The molecule has 0 saturated heterocycles. The maximum atomic E-state index is 9.20. The molecule has 1 heterocycles. The summed E-state index contributed by atoms with van der Waals surface area (Å²) in [6, 6.07) is 14.7. The van der Waals surface area contributed by atoms with Crippen molar-refractivity contribution in [3.63, 3.8) is 0 Å². The van der Waals surface area contributed by atoms with Crippen molar-refractivity contribution in [2.75, 3.05) is 5.32 Å². The van der Waals surface area contributed by atoms with E-state index < -0.39 is 0 Å². The van der Waals surface area contributed by atoms with E-state index in [0.717, 1.165) is 18.5 Å². The molecule has 1 unspecified atom stereocenters. The van der Waals surface area contributed by atoms with Crippen LogP contribution in [-0.2, 0) is 6.42 Å². The minimum absolute atomic E-state index is 0.251. The zero-order chi connectivity index (χ0) is 13.9. The van der Waals surface area contributed by atoms with Gasteiger partial charge in [-0.25, -0.2) is 4.98 Å². The quantitative estimate of drug-likeness (QED) is 0.897. The maximum Gasteiger partial charge on any atom is 0.144 e. The smallest absolute Gasteiger partial charge is 0.144 e. The Balaban J connectivity index is 1.93. The number of nitriles is 1. The molecule has 20 heavy (non-hydrogen) atoms. The van der Waals surface area contributed by atoms with Gasteiger partial charge in [-0.1, -0.05) is 24.3 Å². The molecule has 3 rings (SSSR count). The van der Waals surface area contributed by atoms with Gasteiger partial charge >= 0.3 is 0 Å². The van der Waals surface area contributed by atoms with Gasteiger partial charge < -0.3 is 5.32 Å². The highest BCUT2D eigenvalue weighted by Crippen LogP contribution is 2.32. The molecular formula is C17H17N3. The Kier molecular flexibility index (Phi) is 3.39. The highest BCUT2D eigenvalue weighted by molar-refractivity contribution is 5.54. The third-order valence-corrected chi connectivity index (χ3v) is 3.84. The molecule has 1 aromatic heterocycles. The van der Waals surface area contributed by atoms with Gasteiger partial charge in [0.1, 0.15) is 11.9 Å². The Morgan fingerprint density at radius 3 is 2.95 bits per heavy atom. The van der Waals surface area contributed by atoms with Gasteiger partial charge in [0.25, 0.3) is 0 Å². The Hall–Kier alpha value is -2.34. The normalized spacial score (nSPS) is 17.1. The fraction of sp³-hybridized carbons (Fsp3) is 0.294. The minimum Gasteiger partial charge on any atom is -0.362 e. The summed E-state index contributed by atoms with van der Waals surface area (Å²) in [5.74, 6) is 0.703. The van der Waals surface area contributed by atoms with Crippen LogP contribution in [0, 0.1) is 18.3 Å². The van der Waals surface area contributed by atoms with Gasteiger partial charge in [-0.3, -0.25) is 0 Å². The molecule has 0 fully saturated rings. The molecule has 0 saturated carbocycles. The van der Waals surface area contributed by atoms with Gasteiger partial charge in [-0.2, -0.15) is 5.26 Å². The van der Waals surface area contributed by atoms with Crippen LogP contribution in [0.1, 0.15) is 41.3 Å². The summed E-state index contributed by atoms with van der Waals surface area (Å²) >= 11 is 0. The van der Waals surface area contributed by atoms with E-state index in [-0.39, 0.29) is 6.04 Å². The van der Waals surface area contributed by atoms with Crippen molar-refractivity contribution in [3.8, 4) is 6.07 Å². The van der Waals surface area contributed by atoms with E-state index in [2.05, 4.69) is 40.6 Å². The first-order valence-electron chi connectivity index (χ1n) is 7.00. The SMILES string of the molecule is Cc1ccc(C#N)c(NC2CCCc3ccccc32)n1. The summed E-state index contributed by atoms with van der Waals surface area (Å²) in [7, 11) is 0. The fourth-order valence-electron chi connectivity index (χ4n) is 2.83. The molecule has 0 radical (unpaired) electrons. The number of fused-ring (bicyclic) bond motifs is 1. The summed E-state index contributed by atoms with van der Waals surface area (Å²) in [5, 5.41) is 12.7. The maximum absolute atomic E-state index is 9.20. The Morgan fingerprint density at radius 1 is 1.25 bits per heavy atom. The molecule has 1 aliphatic carbocycles. The first kappa shape index (κ1) is 12.7. The third kappa shape index (κ3) is 2.37. The molecule has 1 aromatic carbocycles. The van der Waals surface area contributed by atoms with Crippen molar-refractivity contribution >= 4 is 5.82 Å². The number of rotatable bonds is 2. The molecule has 100 valence electrons. The van der Waals surface area contributed by atoms with E-state index in [1.807, 2.05) is 19.1 Å². The molecule has 3 heteroatoms. The lowest BCUT2D eigenvalue weighted by atomic mass is 9.87. The van der Waals surface area contributed by atoms with Gasteiger partial charge in [0, 0.05) is 5.69 Å². The van der Waals surface area contributed by atoms with E-state index >= 15 is 0 Å². The van der Waals surface area contributed by atoms with Crippen LogP contribution in [-0.4, -0.2) is 4.98 Å². The summed E-state index contributed by atoms with van der Waals surface area (Å²) in [5.41, 5.74) is 4.28. The first-order valence-corrected chi connectivity index (χ1v) is 7.00. The molecule has 0 spiro atoms. The summed E-state index contributed by atoms with van der Waals surface area (Å²) in [6.45, 7) is 1.95. The van der Waals surface area contributed by atoms with Crippen molar-refractivity contribution in [3.05, 3.63) is 58.8 Å². The molecule has 1 N–H and O–H groups in total. The molecular weight excluding hydrogens is 246 g/mol. The van der Waals surface area contributed by atoms with E-state index in [0.29, 0.717) is 11.4 Å². The first-order chi connectivity index (χ1) is 9.78. The zero-order valence-corrected chi connectivity index (χ0v) is 11.6. The summed E-state index contributed by atoms with van der Waals surface area (Å²) < 4.78 is 0. The van der Waals surface area contributed by atoms with Crippen molar-refractivity contribution < 1.29 is 0 Å². The third-order valence-electron chi connectivity index (χ3n) is 3.84. The number of benzene rings is 1. The number of nitrogens with one attached hydrogen (secondary N) is 1. The lowest BCUT2D eigenvalue weighted by molar-refractivity contribution is 0.598. The van der Waals surface area contributed by atoms with Crippen LogP contribution in [0.4, 0.5) is 5.82 Å². The van der Waals surface area contributed by atoms with Gasteiger partial charge in [0.05, 0.1) is 11.6 Å². The predicted molar refractivity (Wildman–Crippen MR) is 79.4 cm³/mol. The molecule has 1 atom stereocenters. The van der Waals surface area contributed by atoms with Crippen LogP contribution in [0.2, 0.25) is 0 Å². The fourth-order valence-corrected chi connectivity index (χ4v) is 2.83. The minimum atomic E-state index is 0.251. The number of aryl methyl sites for hydroxylation is 2. The number of aromatic nitrogens is 1. The molecule has 0 aliphatic heterocycles. The van der Waals surface area contributed by atoms with Crippen LogP contribution in [0.5, 0.6) is 0 Å². The van der Waals surface area contributed by atoms with E-state index in [1.54, 1.807) is 0 Å². The van der Waals surface area contributed by atoms with E-state index in [4.69, 9.17) is 0 Å². The van der Waals surface area contributed by atoms with E-state index in [9.17, 15) is 5.26 Å². The Labute approximate surface area is 119 Å². The van der Waals surface area contributed by atoms with Gasteiger partial charge in [0.15, 0.2) is 0 Å². The number of hydrogen-bond acceptors (Lipinski definition) is 3. The average Bonchev–Trinajstić information content (AvgIpc) is 2.48. The molecule has 0 bridgehead atoms. The number of nitrogens with zero attached hydrogens (tertiary/aromatic N) is 2.